The van der Waals surface area contributed by atoms with Crippen molar-refractivity contribution in [1.29, 1.82) is 0 Å². The summed E-state index contributed by atoms with van der Waals surface area (Å²) in [5.41, 5.74) is 0.595. The van der Waals surface area contributed by atoms with Gasteiger partial charge in [-0.1, -0.05) is 0 Å². The number of carbonyl (C=O) groups is 1. The maximum Gasteiger partial charge on any atom is 0.511 e. The van der Waals surface area contributed by atoms with Gasteiger partial charge in [0.2, 0.25) is 0 Å². The summed E-state index contributed by atoms with van der Waals surface area (Å²) in [6.07, 6.45) is 1.50. The number of ether oxygens (including phenoxy) is 1. The van der Waals surface area contributed by atoms with Gasteiger partial charge in [0, 0.05) is 5.39 Å². The fourth-order valence-electron chi connectivity index (χ4n) is 0.973. The van der Waals surface area contributed by atoms with Crippen molar-refractivity contribution in [3.05, 3.63) is 18.5 Å². The molecule has 6 heteroatoms. The molecule has 0 saturated carbocycles. The van der Waals surface area contributed by atoms with Crippen LogP contribution in [0.2, 0.25) is 0 Å². The van der Waals surface area contributed by atoms with E-state index < -0.39 is 6.16 Å². The van der Waals surface area contributed by atoms with Crippen molar-refractivity contribution in [2.24, 2.45) is 0 Å². The SMILES string of the molecule is O=C(O)Oc1cnc2[nH]ncc2c1. The van der Waals surface area contributed by atoms with E-state index in [1.165, 1.54) is 12.4 Å². The number of pyridine rings is 1. The Bertz CT molecular complexity index is 451. The molecule has 0 spiro atoms. The molecule has 2 N–H and O–H groups in total. The van der Waals surface area contributed by atoms with E-state index in [0.29, 0.717) is 11.0 Å². The minimum absolute atomic E-state index is 0.182. The highest BCUT2D eigenvalue weighted by Crippen LogP contribution is 2.15. The minimum Gasteiger partial charge on any atom is -0.449 e. The first-order valence-corrected chi connectivity index (χ1v) is 3.45. The molecule has 6 nitrogen and oxygen atoms in total. The Balaban J connectivity index is 2.42. The number of aromatic amines is 1. The third-order valence-electron chi connectivity index (χ3n) is 1.47. The third-order valence-corrected chi connectivity index (χ3v) is 1.47. The third kappa shape index (κ3) is 1.41. The lowest BCUT2D eigenvalue weighted by atomic mass is 10.3. The van der Waals surface area contributed by atoms with E-state index in [-0.39, 0.29) is 5.75 Å². The van der Waals surface area contributed by atoms with Crippen LogP contribution in [0.15, 0.2) is 18.5 Å². The van der Waals surface area contributed by atoms with E-state index in [0.717, 1.165) is 0 Å². The van der Waals surface area contributed by atoms with Crippen molar-refractivity contribution in [2.45, 2.75) is 0 Å². The van der Waals surface area contributed by atoms with Crippen molar-refractivity contribution < 1.29 is 14.6 Å². The zero-order valence-corrected chi connectivity index (χ0v) is 6.39. The summed E-state index contributed by atoms with van der Waals surface area (Å²) in [5, 5.41) is 15.4. The van der Waals surface area contributed by atoms with Crippen molar-refractivity contribution in [3.63, 3.8) is 0 Å². The normalized spacial score (nSPS) is 10.2. The summed E-state index contributed by atoms with van der Waals surface area (Å²) < 4.78 is 4.40. The molecule has 0 aliphatic carbocycles. The first-order chi connectivity index (χ1) is 6.25. The average Bonchev–Trinajstić information content (AvgIpc) is 2.49. The highest BCUT2D eigenvalue weighted by Gasteiger charge is 2.03. The number of aromatic nitrogens is 3. The number of hydrogen-bond acceptors (Lipinski definition) is 4. The molecule has 0 fully saturated rings. The molecule has 66 valence electrons. The number of fused-ring (bicyclic) bond motifs is 1. The predicted octanol–water partition coefficient (Wildman–Crippen LogP) is 1.01. The molecular formula is C7H5N3O3. The van der Waals surface area contributed by atoms with Gasteiger partial charge in [-0.3, -0.25) is 5.10 Å². The van der Waals surface area contributed by atoms with Crippen molar-refractivity contribution in [1.82, 2.24) is 15.2 Å². The Hall–Kier alpha value is -2.11. The molecule has 2 heterocycles. The Morgan fingerprint density at radius 2 is 2.38 bits per heavy atom. The van der Waals surface area contributed by atoms with Crippen LogP contribution in [0.25, 0.3) is 11.0 Å². The van der Waals surface area contributed by atoms with Gasteiger partial charge in [-0.25, -0.2) is 9.78 Å². The smallest absolute Gasteiger partial charge is 0.449 e. The van der Waals surface area contributed by atoms with Gasteiger partial charge in [-0.15, -0.1) is 0 Å². The Morgan fingerprint density at radius 3 is 3.15 bits per heavy atom. The lowest BCUT2D eigenvalue weighted by molar-refractivity contribution is 0.144. The zero-order chi connectivity index (χ0) is 9.26. The highest BCUT2D eigenvalue weighted by atomic mass is 16.7. The van der Waals surface area contributed by atoms with E-state index in [1.54, 1.807) is 6.07 Å². The van der Waals surface area contributed by atoms with Gasteiger partial charge in [0.05, 0.1) is 12.4 Å². The molecule has 0 unspecified atom stereocenters. The van der Waals surface area contributed by atoms with Crippen LogP contribution in [0.1, 0.15) is 0 Å². The van der Waals surface area contributed by atoms with Crippen LogP contribution < -0.4 is 4.74 Å². The zero-order valence-electron chi connectivity index (χ0n) is 6.39. The second-order valence-electron chi connectivity index (χ2n) is 2.35. The molecule has 0 aromatic carbocycles. The van der Waals surface area contributed by atoms with Crippen LogP contribution in [0.4, 0.5) is 4.79 Å². The van der Waals surface area contributed by atoms with E-state index in [2.05, 4.69) is 19.9 Å². The predicted molar refractivity (Wildman–Crippen MR) is 42.5 cm³/mol. The fraction of sp³-hybridized carbons (Fsp3) is 0. The maximum atomic E-state index is 10.2. The molecule has 0 radical (unpaired) electrons. The van der Waals surface area contributed by atoms with Crippen molar-refractivity contribution >= 4 is 17.2 Å². The lowest BCUT2D eigenvalue weighted by Crippen LogP contribution is -2.02. The topological polar surface area (TPSA) is 88.1 Å². The van der Waals surface area contributed by atoms with Crippen LogP contribution in [-0.2, 0) is 0 Å². The van der Waals surface area contributed by atoms with Crippen LogP contribution in [0.3, 0.4) is 0 Å². The van der Waals surface area contributed by atoms with Gasteiger partial charge in [0.25, 0.3) is 0 Å². The number of rotatable bonds is 1. The molecule has 0 aliphatic heterocycles. The number of nitrogens with zero attached hydrogens (tertiary/aromatic N) is 2. The monoisotopic (exact) mass is 179 g/mol. The molecule has 0 aliphatic rings. The second kappa shape index (κ2) is 2.74. The van der Waals surface area contributed by atoms with Gasteiger partial charge in [-0.2, -0.15) is 5.10 Å². The molecule has 13 heavy (non-hydrogen) atoms. The Labute approximate surface area is 72.2 Å². The van der Waals surface area contributed by atoms with Crippen LogP contribution in [-0.4, -0.2) is 26.4 Å². The number of carboxylic acid groups (broad SMARTS) is 1. The van der Waals surface area contributed by atoms with Gasteiger partial charge in [-0.05, 0) is 6.07 Å². The van der Waals surface area contributed by atoms with Crippen molar-refractivity contribution in [3.8, 4) is 5.75 Å². The van der Waals surface area contributed by atoms with Crippen LogP contribution in [0.5, 0.6) is 5.75 Å². The second-order valence-corrected chi connectivity index (χ2v) is 2.35. The molecule has 0 bridgehead atoms. The molecule has 2 rings (SSSR count). The number of hydrogen-bond donors (Lipinski definition) is 2. The van der Waals surface area contributed by atoms with Gasteiger partial charge >= 0.3 is 6.16 Å². The summed E-state index contributed by atoms with van der Waals surface area (Å²) in [4.78, 5) is 14.1. The van der Waals surface area contributed by atoms with Gasteiger partial charge in [0.1, 0.15) is 0 Å². The van der Waals surface area contributed by atoms with Crippen molar-refractivity contribution in [2.75, 3.05) is 0 Å². The van der Waals surface area contributed by atoms with Crippen LogP contribution in [0, 0.1) is 0 Å². The summed E-state index contributed by atoms with van der Waals surface area (Å²) >= 11 is 0. The first kappa shape index (κ1) is 7.53. The van der Waals surface area contributed by atoms with Gasteiger partial charge in [0.15, 0.2) is 11.4 Å². The molecule has 0 atom stereocenters. The fourth-order valence-corrected chi connectivity index (χ4v) is 0.973. The Kier molecular flexibility index (Phi) is 1.59. The van der Waals surface area contributed by atoms with E-state index >= 15 is 0 Å². The van der Waals surface area contributed by atoms with E-state index in [4.69, 9.17) is 5.11 Å². The summed E-state index contributed by atoms with van der Waals surface area (Å²) in [7, 11) is 0. The number of H-pyrrole nitrogens is 1. The summed E-state index contributed by atoms with van der Waals surface area (Å²) in [6.45, 7) is 0. The average molecular weight is 179 g/mol. The summed E-state index contributed by atoms with van der Waals surface area (Å²) in [5.74, 6) is 0.182. The lowest BCUT2D eigenvalue weighted by Gasteiger charge is -1.97. The highest BCUT2D eigenvalue weighted by molar-refractivity contribution is 5.75. The summed E-state index contributed by atoms with van der Waals surface area (Å²) in [6, 6.07) is 1.54. The van der Waals surface area contributed by atoms with E-state index in [1.807, 2.05) is 0 Å². The molecule has 2 aromatic rings. The molecule has 2 aromatic heterocycles. The number of nitrogens with one attached hydrogen (secondary N) is 1. The first-order valence-electron chi connectivity index (χ1n) is 3.45. The standard InChI is InChI=1S/C7H5N3O3/c11-7(12)13-5-1-4-2-9-10-6(4)8-3-5/h1-3H,(H,11,12)(H,8,9,10). The van der Waals surface area contributed by atoms with Crippen LogP contribution >= 0.6 is 0 Å². The molecule has 0 saturated heterocycles. The maximum absolute atomic E-state index is 10.2. The quantitative estimate of drug-likeness (QED) is 0.638. The molecular weight excluding hydrogens is 174 g/mol. The van der Waals surface area contributed by atoms with E-state index in [9.17, 15) is 4.79 Å². The minimum atomic E-state index is -1.36. The van der Waals surface area contributed by atoms with Gasteiger partial charge < -0.3 is 9.84 Å². The largest absolute Gasteiger partial charge is 0.511 e. The molecule has 0 amide bonds. The Morgan fingerprint density at radius 1 is 1.54 bits per heavy atom.